The lowest BCUT2D eigenvalue weighted by molar-refractivity contribution is -0.113. The summed E-state index contributed by atoms with van der Waals surface area (Å²) in [5.41, 5.74) is 1.21. The van der Waals surface area contributed by atoms with Gasteiger partial charge in [0.1, 0.15) is 11.4 Å². The number of ketones is 1. The lowest BCUT2D eigenvalue weighted by Crippen LogP contribution is -2.35. The van der Waals surface area contributed by atoms with Gasteiger partial charge in [-0.2, -0.15) is 8.42 Å². The maximum atomic E-state index is 12.8. The maximum Gasteiger partial charge on any atom is 0.345 e. The summed E-state index contributed by atoms with van der Waals surface area (Å²) < 4.78 is 34.9. The van der Waals surface area contributed by atoms with E-state index in [0.29, 0.717) is 22.6 Å². The molecule has 0 atom stereocenters. The van der Waals surface area contributed by atoms with Crippen LogP contribution in [-0.4, -0.2) is 44.3 Å². The minimum absolute atomic E-state index is 0.0863. The second-order valence-electron chi connectivity index (χ2n) is 6.24. The number of hydrogen-bond acceptors (Lipinski definition) is 5. The van der Waals surface area contributed by atoms with Gasteiger partial charge in [0.05, 0.1) is 12.8 Å². The molecule has 0 saturated carbocycles. The molecule has 0 spiro atoms. The summed E-state index contributed by atoms with van der Waals surface area (Å²) in [4.78, 5) is 24.4. The standard InChI is InChI=1S/C20H19N3O5S/c1-13(24)14-7-6-8-15(11-14)21-20(25)18-12-17(22-29(26,27)23(18)2)16-9-4-5-10-19(16)28-3/h4-12H,1-3H3,(H,21,25). The van der Waals surface area contributed by atoms with Crippen molar-refractivity contribution >= 4 is 33.3 Å². The second-order valence-corrected chi connectivity index (χ2v) is 7.87. The Morgan fingerprint density at radius 1 is 1.10 bits per heavy atom. The quantitative estimate of drug-likeness (QED) is 0.758. The first-order chi connectivity index (χ1) is 13.7. The van der Waals surface area contributed by atoms with Gasteiger partial charge in [-0.1, -0.05) is 24.3 Å². The summed E-state index contributed by atoms with van der Waals surface area (Å²) in [5.74, 6) is -0.376. The van der Waals surface area contributed by atoms with E-state index in [4.69, 9.17) is 4.74 Å². The van der Waals surface area contributed by atoms with Crippen LogP contribution in [0.5, 0.6) is 5.75 Å². The molecular weight excluding hydrogens is 394 g/mol. The van der Waals surface area contributed by atoms with Gasteiger partial charge in [-0.05, 0) is 37.3 Å². The molecule has 8 nitrogen and oxygen atoms in total. The van der Waals surface area contributed by atoms with Gasteiger partial charge in [-0.3, -0.25) is 9.59 Å². The minimum atomic E-state index is -4.11. The highest BCUT2D eigenvalue weighted by atomic mass is 32.2. The van der Waals surface area contributed by atoms with E-state index in [0.717, 1.165) is 4.31 Å². The second kappa shape index (κ2) is 7.88. The van der Waals surface area contributed by atoms with Crippen LogP contribution in [0.2, 0.25) is 0 Å². The molecule has 1 amide bonds. The first kappa shape index (κ1) is 20.3. The number of methoxy groups -OCH3 is 1. The third kappa shape index (κ3) is 4.19. The predicted molar refractivity (Wildman–Crippen MR) is 109 cm³/mol. The van der Waals surface area contributed by atoms with E-state index in [1.165, 1.54) is 33.2 Å². The molecule has 0 radical (unpaired) electrons. The molecule has 0 unspecified atom stereocenters. The SMILES string of the molecule is COc1ccccc1C1=NS(=O)(=O)N(C)C(C(=O)Nc2cccc(C(C)=O)c2)=C1. The number of nitrogens with one attached hydrogen (secondary N) is 1. The fourth-order valence-corrected chi connectivity index (χ4v) is 3.67. The first-order valence-electron chi connectivity index (χ1n) is 8.59. The Morgan fingerprint density at radius 2 is 1.83 bits per heavy atom. The summed E-state index contributed by atoms with van der Waals surface area (Å²) in [5, 5.41) is 2.62. The normalized spacial score (nSPS) is 15.2. The zero-order valence-corrected chi connectivity index (χ0v) is 16.9. The van der Waals surface area contributed by atoms with Gasteiger partial charge >= 0.3 is 10.2 Å². The van der Waals surface area contributed by atoms with Crippen molar-refractivity contribution in [3.05, 3.63) is 71.4 Å². The highest BCUT2D eigenvalue weighted by Gasteiger charge is 2.30. The van der Waals surface area contributed by atoms with Gasteiger partial charge in [0, 0.05) is 23.9 Å². The minimum Gasteiger partial charge on any atom is -0.496 e. The number of amides is 1. The number of ether oxygens (including phenoxy) is 1. The van der Waals surface area contributed by atoms with Gasteiger partial charge in [-0.25, -0.2) is 4.31 Å². The number of benzene rings is 2. The molecule has 29 heavy (non-hydrogen) atoms. The molecule has 2 aromatic carbocycles. The summed E-state index contributed by atoms with van der Waals surface area (Å²) in [6.45, 7) is 1.42. The van der Waals surface area contributed by atoms with Crippen LogP contribution in [0.15, 0.2) is 64.7 Å². The van der Waals surface area contributed by atoms with Crippen molar-refractivity contribution in [1.29, 1.82) is 0 Å². The summed E-state index contributed by atoms with van der Waals surface area (Å²) >= 11 is 0. The fraction of sp³-hybridized carbons (Fsp3) is 0.150. The Labute approximate surface area is 168 Å². The van der Waals surface area contributed by atoms with Crippen molar-refractivity contribution in [3.8, 4) is 5.75 Å². The van der Waals surface area contributed by atoms with Gasteiger partial charge < -0.3 is 10.1 Å². The number of anilines is 1. The molecule has 0 saturated heterocycles. The third-order valence-electron chi connectivity index (χ3n) is 4.32. The number of likely N-dealkylation sites (N-methyl/N-ethyl adjacent to an activating group) is 1. The van der Waals surface area contributed by atoms with Crippen molar-refractivity contribution in [1.82, 2.24) is 4.31 Å². The molecule has 1 heterocycles. The summed E-state index contributed by atoms with van der Waals surface area (Å²) in [6, 6.07) is 13.2. The molecule has 0 fully saturated rings. The molecule has 150 valence electrons. The zero-order valence-electron chi connectivity index (χ0n) is 16.0. The summed E-state index contributed by atoms with van der Waals surface area (Å²) in [6.07, 6.45) is 1.38. The molecule has 0 aliphatic carbocycles. The van der Waals surface area contributed by atoms with Crippen LogP contribution in [-0.2, 0) is 15.0 Å². The predicted octanol–water partition coefficient (Wildman–Crippen LogP) is 2.40. The number of para-hydroxylation sites is 1. The fourth-order valence-electron chi connectivity index (χ4n) is 2.76. The highest BCUT2D eigenvalue weighted by molar-refractivity contribution is 7.88. The van der Waals surface area contributed by atoms with Crippen molar-refractivity contribution in [3.63, 3.8) is 0 Å². The van der Waals surface area contributed by atoms with Crippen LogP contribution in [0.3, 0.4) is 0 Å². The van der Waals surface area contributed by atoms with Crippen molar-refractivity contribution in [2.75, 3.05) is 19.5 Å². The Morgan fingerprint density at radius 3 is 2.52 bits per heavy atom. The average Bonchev–Trinajstić information content (AvgIpc) is 2.69. The smallest absolute Gasteiger partial charge is 0.345 e. The van der Waals surface area contributed by atoms with Crippen LogP contribution in [0.1, 0.15) is 22.8 Å². The Hall–Kier alpha value is -3.46. The Bertz CT molecular complexity index is 1150. The van der Waals surface area contributed by atoms with Gasteiger partial charge in [0.25, 0.3) is 5.91 Å². The molecule has 0 aromatic heterocycles. The van der Waals surface area contributed by atoms with Gasteiger partial charge in [0.2, 0.25) is 0 Å². The number of allylic oxidation sites excluding steroid dienone is 1. The van der Waals surface area contributed by atoms with E-state index in [1.807, 2.05) is 0 Å². The number of hydrogen-bond donors (Lipinski definition) is 1. The van der Waals surface area contributed by atoms with E-state index < -0.39 is 16.1 Å². The molecule has 1 N–H and O–H groups in total. The third-order valence-corrected chi connectivity index (χ3v) is 5.63. The van der Waals surface area contributed by atoms with E-state index in [-0.39, 0.29) is 17.2 Å². The molecule has 3 rings (SSSR count). The monoisotopic (exact) mass is 413 g/mol. The molecule has 2 aromatic rings. The largest absolute Gasteiger partial charge is 0.496 e. The van der Waals surface area contributed by atoms with E-state index in [9.17, 15) is 18.0 Å². The maximum absolute atomic E-state index is 12.8. The first-order valence-corrected chi connectivity index (χ1v) is 9.99. The van der Waals surface area contributed by atoms with Crippen LogP contribution >= 0.6 is 0 Å². The number of nitrogens with zero attached hydrogens (tertiary/aromatic N) is 2. The molecular formula is C20H19N3O5S. The summed E-state index contributed by atoms with van der Waals surface area (Å²) in [7, 11) is -1.40. The molecule has 1 aliphatic heterocycles. The molecule has 9 heteroatoms. The van der Waals surface area contributed by atoms with E-state index in [1.54, 1.807) is 42.5 Å². The average molecular weight is 413 g/mol. The number of rotatable bonds is 5. The zero-order chi connectivity index (χ0) is 21.2. The number of carbonyl (C=O) groups excluding carboxylic acids is 2. The molecule has 1 aliphatic rings. The van der Waals surface area contributed by atoms with Gasteiger partial charge in [0.15, 0.2) is 5.78 Å². The van der Waals surface area contributed by atoms with Crippen molar-refractivity contribution < 1.29 is 22.7 Å². The van der Waals surface area contributed by atoms with Crippen molar-refractivity contribution in [2.24, 2.45) is 4.40 Å². The van der Waals surface area contributed by atoms with Crippen LogP contribution in [0, 0.1) is 0 Å². The van der Waals surface area contributed by atoms with Crippen LogP contribution in [0.25, 0.3) is 0 Å². The topological polar surface area (TPSA) is 105 Å². The van der Waals surface area contributed by atoms with Crippen LogP contribution in [0.4, 0.5) is 5.69 Å². The molecule has 0 bridgehead atoms. The number of carbonyl (C=O) groups is 2. The van der Waals surface area contributed by atoms with E-state index in [2.05, 4.69) is 9.71 Å². The lowest BCUT2D eigenvalue weighted by Gasteiger charge is -2.24. The Kier molecular flexibility index (Phi) is 5.51. The number of Topliss-reactive ketones (excluding diaryl/α,β-unsaturated/α-hetero) is 1. The highest BCUT2D eigenvalue weighted by Crippen LogP contribution is 2.25. The van der Waals surface area contributed by atoms with E-state index >= 15 is 0 Å². The van der Waals surface area contributed by atoms with Crippen LogP contribution < -0.4 is 10.1 Å². The van der Waals surface area contributed by atoms with Gasteiger partial charge in [-0.15, -0.1) is 4.40 Å². The van der Waals surface area contributed by atoms with Crippen molar-refractivity contribution in [2.45, 2.75) is 6.92 Å². The Balaban J connectivity index is 2.00. The lowest BCUT2D eigenvalue weighted by atomic mass is 10.1.